The fourth-order valence-corrected chi connectivity index (χ4v) is 0.782. The van der Waals surface area contributed by atoms with E-state index in [9.17, 15) is 0 Å². The summed E-state index contributed by atoms with van der Waals surface area (Å²) in [4.78, 5) is 0. The van der Waals surface area contributed by atoms with Crippen LogP contribution in [0.2, 0.25) is 0 Å². The standard InChI is InChI=1S/C8H7Cl.C3H6/c9-7-6-8-4-2-1-3-5-8;1-2-3-1/h1-7H;1-3H2. The lowest BCUT2D eigenvalue weighted by Crippen LogP contribution is -1.64. The van der Waals surface area contributed by atoms with Gasteiger partial charge in [-0.1, -0.05) is 61.2 Å². The molecule has 2 rings (SSSR count). The molecular formula is C11H13Cl. The molecule has 0 N–H and O–H groups in total. The molecule has 1 aromatic carbocycles. The van der Waals surface area contributed by atoms with E-state index in [-0.39, 0.29) is 0 Å². The molecule has 0 atom stereocenters. The smallest absolute Gasteiger partial charge is 0.00484 e. The minimum Gasteiger partial charge on any atom is -0.0929 e. The Morgan fingerprint density at radius 1 is 1.00 bits per heavy atom. The summed E-state index contributed by atoms with van der Waals surface area (Å²) in [5, 5.41) is 0. The molecule has 1 saturated carbocycles. The van der Waals surface area contributed by atoms with Gasteiger partial charge in [0.1, 0.15) is 0 Å². The Hall–Kier alpha value is -0.750. The zero-order valence-corrected chi connectivity index (χ0v) is 7.80. The van der Waals surface area contributed by atoms with Crippen molar-refractivity contribution in [3.63, 3.8) is 0 Å². The summed E-state index contributed by atoms with van der Waals surface area (Å²) in [5.41, 5.74) is 2.64. The van der Waals surface area contributed by atoms with E-state index in [1.165, 1.54) is 24.8 Å². The lowest BCUT2D eigenvalue weighted by atomic mass is 10.2. The summed E-state index contributed by atoms with van der Waals surface area (Å²) in [5.74, 6) is 0. The number of hydrogen-bond acceptors (Lipinski definition) is 0. The first kappa shape index (κ1) is 9.34. The van der Waals surface area contributed by atoms with E-state index in [4.69, 9.17) is 11.6 Å². The second-order valence-corrected chi connectivity index (χ2v) is 3.02. The average Bonchev–Trinajstić information content (AvgIpc) is 2.93. The van der Waals surface area contributed by atoms with Crippen LogP contribution in [0.1, 0.15) is 24.8 Å². The molecule has 0 radical (unpaired) electrons. The Morgan fingerprint density at radius 3 is 2.00 bits per heavy atom. The number of halogens is 1. The molecule has 12 heavy (non-hydrogen) atoms. The van der Waals surface area contributed by atoms with E-state index in [1.54, 1.807) is 0 Å². The van der Waals surface area contributed by atoms with Gasteiger partial charge in [0.05, 0.1) is 0 Å². The molecular weight excluding hydrogens is 168 g/mol. The van der Waals surface area contributed by atoms with Crippen LogP contribution in [-0.2, 0) is 0 Å². The van der Waals surface area contributed by atoms with Gasteiger partial charge in [0.2, 0.25) is 0 Å². The van der Waals surface area contributed by atoms with Gasteiger partial charge in [-0.3, -0.25) is 0 Å². The maximum absolute atomic E-state index is 5.36. The molecule has 0 bridgehead atoms. The van der Waals surface area contributed by atoms with Crippen molar-refractivity contribution in [3.8, 4) is 0 Å². The first-order chi connectivity index (χ1) is 5.93. The van der Waals surface area contributed by atoms with Crippen molar-refractivity contribution in [1.29, 1.82) is 0 Å². The third-order valence-corrected chi connectivity index (χ3v) is 1.53. The van der Waals surface area contributed by atoms with E-state index in [1.807, 2.05) is 36.4 Å². The molecule has 1 aromatic rings. The van der Waals surface area contributed by atoms with E-state index in [0.29, 0.717) is 0 Å². The zero-order chi connectivity index (χ0) is 8.65. The van der Waals surface area contributed by atoms with Crippen molar-refractivity contribution in [2.24, 2.45) is 0 Å². The number of rotatable bonds is 1. The van der Waals surface area contributed by atoms with Crippen molar-refractivity contribution in [2.45, 2.75) is 19.3 Å². The predicted molar refractivity (Wildman–Crippen MR) is 55.2 cm³/mol. The number of benzene rings is 1. The third-order valence-electron chi connectivity index (χ3n) is 1.41. The fraction of sp³-hybridized carbons (Fsp3) is 0.273. The van der Waals surface area contributed by atoms with Gasteiger partial charge < -0.3 is 0 Å². The molecule has 1 aliphatic carbocycles. The second-order valence-electron chi connectivity index (χ2n) is 2.76. The SMILES string of the molecule is C1CC1.ClC=Cc1ccccc1. The molecule has 0 saturated heterocycles. The summed E-state index contributed by atoms with van der Waals surface area (Å²) >= 11 is 5.36. The summed E-state index contributed by atoms with van der Waals surface area (Å²) in [6.07, 6.45) is 6.35. The highest BCUT2D eigenvalue weighted by atomic mass is 35.5. The normalized spacial score (nSPS) is 13.8. The zero-order valence-electron chi connectivity index (χ0n) is 7.04. The summed E-state index contributed by atoms with van der Waals surface area (Å²) < 4.78 is 0. The quantitative estimate of drug-likeness (QED) is 0.611. The lowest BCUT2D eigenvalue weighted by molar-refractivity contribution is 1.50. The average molecular weight is 181 g/mol. The molecule has 0 amide bonds. The predicted octanol–water partition coefficient (Wildman–Crippen LogP) is 4.07. The highest BCUT2D eigenvalue weighted by molar-refractivity contribution is 6.27. The van der Waals surface area contributed by atoms with E-state index in [2.05, 4.69) is 0 Å². The lowest BCUT2D eigenvalue weighted by Gasteiger charge is -1.86. The Bertz CT molecular complexity index is 221. The van der Waals surface area contributed by atoms with Crippen LogP contribution >= 0.6 is 11.6 Å². The maximum Gasteiger partial charge on any atom is 0.00484 e. The maximum atomic E-state index is 5.36. The highest BCUT2D eigenvalue weighted by Gasteiger charge is 1.95. The first-order valence-electron chi connectivity index (χ1n) is 4.25. The minimum absolute atomic E-state index is 1.13. The molecule has 0 aromatic heterocycles. The van der Waals surface area contributed by atoms with Crippen molar-refractivity contribution < 1.29 is 0 Å². The van der Waals surface area contributed by atoms with Crippen LogP contribution in [0.4, 0.5) is 0 Å². The minimum atomic E-state index is 1.13. The van der Waals surface area contributed by atoms with Gasteiger partial charge in [-0.25, -0.2) is 0 Å². The van der Waals surface area contributed by atoms with Crippen molar-refractivity contribution in [1.82, 2.24) is 0 Å². The summed E-state index contributed by atoms with van der Waals surface area (Å²) in [7, 11) is 0. The molecule has 0 aliphatic heterocycles. The van der Waals surface area contributed by atoms with Crippen LogP contribution in [0.15, 0.2) is 35.9 Å². The van der Waals surface area contributed by atoms with Crippen LogP contribution in [0.5, 0.6) is 0 Å². The second kappa shape index (κ2) is 5.84. The van der Waals surface area contributed by atoms with Crippen molar-refractivity contribution >= 4 is 17.7 Å². The van der Waals surface area contributed by atoms with Gasteiger partial charge in [-0.05, 0) is 11.6 Å². The third kappa shape index (κ3) is 4.97. The summed E-state index contributed by atoms with van der Waals surface area (Å²) in [6.45, 7) is 0. The molecule has 1 heteroatoms. The van der Waals surface area contributed by atoms with Crippen LogP contribution < -0.4 is 0 Å². The Labute approximate surface area is 78.9 Å². The topological polar surface area (TPSA) is 0 Å². The Balaban J connectivity index is 0.000000200. The molecule has 0 spiro atoms. The van der Waals surface area contributed by atoms with Gasteiger partial charge in [0.15, 0.2) is 0 Å². The van der Waals surface area contributed by atoms with Crippen LogP contribution in [-0.4, -0.2) is 0 Å². The van der Waals surface area contributed by atoms with Crippen LogP contribution in [0.3, 0.4) is 0 Å². The Kier molecular flexibility index (Phi) is 4.55. The Morgan fingerprint density at radius 2 is 1.58 bits per heavy atom. The monoisotopic (exact) mass is 180 g/mol. The number of hydrogen-bond donors (Lipinski definition) is 0. The van der Waals surface area contributed by atoms with Crippen LogP contribution in [0.25, 0.3) is 6.08 Å². The molecule has 1 fully saturated rings. The highest BCUT2D eigenvalue weighted by Crippen LogP contribution is 2.14. The molecule has 0 heterocycles. The van der Waals surface area contributed by atoms with Gasteiger partial charge in [-0.15, -0.1) is 0 Å². The molecule has 1 aliphatic rings. The van der Waals surface area contributed by atoms with Gasteiger partial charge in [0.25, 0.3) is 0 Å². The van der Waals surface area contributed by atoms with Gasteiger partial charge >= 0.3 is 0 Å². The molecule has 0 unspecified atom stereocenters. The van der Waals surface area contributed by atoms with E-state index in [0.717, 1.165) is 5.56 Å². The largest absolute Gasteiger partial charge is 0.0929 e. The molecule has 0 nitrogen and oxygen atoms in total. The first-order valence-corrected chi connectivity index (χ1v) is 4.69. The summed E-state index contributed by atoms with van der Waals surface area (Å²) in [6, 6.07) is 9.93. The van der Waals surface area contributed by atoms with Crippen molar-refractivity contribution in [2.75, 3.05) is 0 Å². The van der Waals surface area contributed by atoms with E-state index < -0.39 is 0 Å². The van der Waals surface area contributed by atoms with Gasteiger partial charge in [0, 0.05) is 5.54 Å². The van der Waals surface area contributed by atoms with Gasteiger partial charge in [-0.2, -0.15) is 0 Å². The fourth-order valence-electron chi connectivity index (χ4n) is 0.637. The van der Waals surface area contributed by atoms with E-state index >= 15 is 0 Å². The molecule has 64 valence electrons. The van der Waals surface area contributed by atoms with Crippen molar-refractivity contribution in [3.05, 3.63) is 41.4 Å². The van der Waals surface area contributed by atoms with Crippen LogP contribution in [0, 0.1) is 0 Å².